The number of ether oxygens (including phenoxy) is 1. The minimum atomic E-state index is 0.0426. The Labute approximate surface area is 92.8 Å². The van der Waals surface area contributed by atoms with Gasteiger partial charge in [0.25, 0.3) is 0 Å². The third kappa shape index (κ3) is 1.66. The molecule has 0 fully saturated rings. The highest BCUT2D eigenvalue weighted by Crippen LogP contribution is 2.36. The lowest BCUT2D eigenvalue weighted by Gasteiger charge is -2.23. The zero-order chi connectivity index (χ0) is 10.2. The Bertz CT molecular complexity index is 353. The minimum absolute atomic E-state index is 0.0426. The van der Waals surface area contributed by atoms with Crippen molar-refractivity contribution in [1.29, 1.82) is 0 Å². The summed E-state index contributed by atoms with van der Waals surface area (Å²) in [5, 5.41) is 3.50. The van der Waals surface area contributed by atoms with Crippen LogP contribution in [0.2, 0.25) is 0 Å². The maximum Gasteiger partial charge on any atom is 0.0693 e. The average Bonchev–Trinajstić information content (AvgIpc) is 2.44. The summed E-state index contributed by atoms with van der Waals surface area (Å²) in [6, 6.07) is 6.24. The fraction of sp³-hybridized carbons (Fsp3) is 0.455. The number of rotatable bonds is 2. The Morgan fingerprint density at radius 3 is 3.00 bits per heavy atom. The van der Waals surface area contributed by atoms with E-state index >= 15 is 0 Å². The molecule has 1 heterocycles. The van der Waals surface area contributed by atoms with Gasteiger partial charge in [-0.3, -0.25) is 0 Å². The number of fused-ring (bicyclic) bond motifs is 1. The van der Waals surface area contributed by atoms with Gasteiger partial charge in [-0.05, 0) is 24.6 Å². The van der Waals surface area contributed by atoms with Crippen LogP contribution in [0, 0.1) is 0 Å². The Morgan fingerprint density at radius 1 is 1.57 bits per heavy atom. The van der Waals surface area contributed by atoms with Crippen LogP contribution in [0.3, 0.4) is 0 Å². The smallest absolute Gasteiger partial charge is 0.0693 e. The predicted octanol–water partition coefficient (Wildman–Crippen LogP) is 2.82. The maximum atomic E-state index is 5.22. The lowest BCUT2D eigenvalue weighted by molar-refractivity contribution is 0.153. The van der Waals surface area contributed by atoms with Crippen LogP contribution in [0.5, 0.6) is 0 Å². The van der Waals surface area contributed by atoms with Gasteiger partial charge < -0.3 is 10.1 Å². The lowest BCUT2D eigenvalue weighted by Crippen LogP contribution is -2.37. The van der Waals surface area contributed by atoms with Gasteiger partial charge in [0.1, 0.15) is 0 Å². The van der Waals surface area contributed by atoms with E-state index in [9.17, 15) is 0 Å². The number of nitrogens with one attached hydrogen (secondary N) is 1. The molecular formula is C11H14BrNO. The normalized spacial score (nSPS) is 24.5. The van der Waals surface area contributed by atoms with E-state index in [2.05, 4.69) is 46.4 Å². The number of halogens is 1. The summed E-state index contributed by atoms with van der Waals surface area (Å²) in [5.41, 5.74) is 2.62. The first kappa shape index (κ1) is 9.99. The highest BCUT2D eigenvalue weighted by molar-refractivity contribution is 9.10. The maximum absolute atomic E-state index is 5.22. The van der Waals surface area contributed by atoms with Crippen molar-refractivity contribution in [2.24, 2.45) is 0 Å². The van der Waals surface area contributed by atoms with E-state index in [-0.39, 0.29) is 5.54 Å². The molecule has 0 aliphatic carbocycles. The van der Waals surface area contributed by atoms with Crippen molar-refractivity contribution < 1.29 is 4.74 Å². The fourth-order valence-corrected chi connectivity index (χ4v) is 2.53. The molecule has 14 heavy (non-hydrogen) atoms. The highest BCUT2D eigenvalue weighted by Gasteiger charge is 2.32. The molecule has 0 aromatic heterocycles. The van der Waals surface area contributed by atoms with Crippen LogP contribution in [-0.4, -0.2) is 19.3 Å². The summed E-state index contributed by atoms with van der Waals surface area (Å²) in [6.07, 6.45) is 1.01. The topological polar surface area (TPSA) is 21.3 Å². The molecule has 1 N–H and O–H groups in total. The van der Waals surface area contributed by atoms with Crippen LogP contribution in [0.15, 0.2) is 22.7 Å². The summed E-state index contributed by atoms with van der Waals surface area (Å²) in [6.45, 7) is 2.91. The number of benzene rings is 1. The fourth-order valence-electron chi connectivity index (χ4n) is 2.02. The second kappa shape index (κ2) is 3.55. The van der Waals surface area contributed by atoms with Crippen molar-refractivity contribution in [3.8, 4) is 0 Å². The second-order valence-electron chi connectivity index (χ2n) is 4.06. The molecule has 0 saturated carbocycles. The van der Waals surface area contributed by atoms with Gasteiger partial charge in [0.2, 0.25) is 0 Å². The number of anilines is 1. The van der Waals surface area contributed by atoms with Crippen molar-refractivity contribution in [2.45, 2.75) is 18.9 Å². The third-order valence-electron chi connectivity index (χ3n) is 2.59. The molecule has 1 aromatic carbocycles. The van der Waals surface area contributed by atoms with Crippen LogP contribution in [0.1, 0.15) is 12.5 Å². The molecule has 1 aliphatic rings. The molecule has 0 spiro atoms. The monoisotopic (exact) mass is 255 g/mol. The third-order valence-corrected chi connectivity index (χ3v) is 3.33. The standard InChI is InChI=1S/C11H14BrNO/c1-11(7-14-2)6-8-9(12)4-3-5-10(8)13-11/h3-5,13H,6-7H2,1-2H3. The van der Waals surface area contributed by atoms with Gasteiger partial charge in [-0.15, -0.1) is 0 Å². The van der Waals surface area contributed by atoms with Crippen LogP contribution < -0.4 is 5.32 Å². The molecule has 1 aliphatic heterocycles. The van der Waals surface area contributed by atoms with Gasteiger partial charge in [0.05, 0.1) is 12.1 Å². The van der Waals surface area contributed by atoms with Gasteiger partial charge in [0.15, 0.2) is 0 Å². The predicted molar refractivity (Wildman–Crippen MR) is 61.7 cm³/mol. The molecular weight excluding hydrogens is 242 g/mol. The van der Waals surface area contributed by atoms with Crippen molar-refractivity contribution in [3.05, 3.63) is 28.2 Å². The SMILES string of the molecule is COCC1(C)Cc2c(Br)cccc2N1. The summed E-state index contributed by atoms with van der Waals surface area (Å²) in [4.78, 5) is 0. The average molecular weight is 256 g/mol. The lowest BCUT2D eigenvalue weighted by atomic mass is 9.99. The van der Waals surface area contributed by atoms with E-state index in [1.807, 2.05) is 0 Å². The Kier molecular flexibility index (Phi) is 2.54. The molecule has 0 amide bonds. The highest BCUT2D eigenvalue weighted by atomic mass is 79.9. The van der Waals surface area contributed by atoms with E-state index in [0.29, 0.717) is 0 Å². The first-order valence-electron chi connectivity index (χ1n) is 4.69. The molecule has 0 radical (unpaired) electrons. The molecule has 0 bridgehead atoms. The minimum Gasteiger partial charge on any atom is -0.382 e. The molecule has 76 valence electrons. The van der Waals surface area contributed by atoms with E-state index in [4.69, 9.17) is 4.74 Å². The molecule has 3 heteroatoms. The van der Waals surface area contributed by atoms with Crippen LogP contribution in [0.4, 0.5) is 5.69 Å². The molecule has 1 atom stereocenters. The summed E-state index contributed by atoms with van der Waals surface area (Å²) in [7, 11) is 1.74. The van der Waals surface area contributed by atoms with Crippen molar-refractivity contribution in [1.82, 2.24) is 0 Å². The van der Waals surface area contributed by atoms with Gasteiger partial charge in [0, 0.05) is 23.7 Å². The number of hydrogen-bond acceptors (Lipinski definition) is 2. The molecule has 2 rings (SSSR count). The Hall–Kier alpha value is -0.540. The zero-order valence-electron chi connectivity index (χ0n) is 8.43. The quantitative estimate of drug-likeness (QED) is 0.878. The first-order valence-corrected chi connectivity index (χ1v) is 5.48. The first-order chi connectivity index (χ1) is 6.64. The second-order valence-corrected chi connectivity index (χ2v) is 4.92. The van der Waals surface area contributed by atoms with E-state index in [1.165, 1.54) is 15.7 Å². The zero-order valence-corrected chi connectivity index (χ0v) is 10.0. The summed E-state index contributed by atoms with van der Waals surface area (Å²) in [5.74, 6) is 0. The van der Waals surface area contributed by atoms with Crippen molar-refractivity contribution >= 4 is 21.6 Å². The summed E-state index contributed by atoms with van der Waals surface area (Å²) < 4.78 is 6.40. The van der Waals surface area contributed by atoms with Gasteiger partial charge in [-0.1, -0.05) is 22.0 Å². The summed E-state index contributed by atoms with van der Waals surface area (Å²) >= 11 is 3.57. The van der Waals surface area contributed by atoms with Crippen LogP contribution in [0.25, 0.3) is 0 Å². The Balaban J connectivity index is 2.29. The van der Waals surface area contributed by atoms with E-state index < -0.39 is 0 Å². The molecule has 1 unspecified atom stereocenters. The molecule has 0 saturated heterocycles. The van der Waals surface area contributed by atoms with Crippen molar-refractivity contribution in [2.75, 3.05) is 19.0 Å². The van der Waals surface area contributed by atoms with E-state index in [0.717, 1.165) is 13.0 Å². The van der Waals surface area contributed by atoms with E-state index in [1.54, 1.807) is 7.11 Å². The van der Waals surface area contributed by atoms with Crippen LogP contribution >= 0.6 is 15.9 Å². The molecule has 2 nitrogen and oxygen atoms in total. The number of methoxy groups -OCH3 is 1. The van der Waals surface area contributed by atoms with Gasteiger partial charge in [-0.25, -0.2) is 0 Å². The van der Waals surface area contributed by atoms with Crippen LogP contribution in [-0.2, 0) is 11.2 Å². The van der Waals surface area contributed by atoms with Crippen molar-refractivity contribution in [3.63, 3.8) is 0 Å². The Morgan fingerprint density at radius 2 is 2.36 bits per heavy atom. The van der Waals surface area contributed by atoms with Gasteiger partial charge in [-0.2, -0.15) is 0 Å². The number of hydrogen-bond donors (Lipinski definition) is 1. The molecule has 1 aromatic rings. The van der Waals surface area contributed by atoms with Gasteiger partial charge >= 0.3 is 0 Å². The largest absolute Gasteiger partial charge is 0.382 e.